The van der Waals surface area contributed by atoms with Crippen molar-refractivity contribution in [2.75, 3.05) is 0 Å². The van der Waals surface area contributed by atoms with Gasteiger partial charge in [0.15, 0.2) is 0 Å². The third-order valence-electron chi connectivity index (χ3n) is 5.73. The van der Waals surface area contributed by atoms with E-state index in [2.05, 4.69) is 78.1 Å². The van der Waals surface area contributed by atoms with Crippen LogP contribution in [0, 0.1) is 13.8 Å². The first-order valence-corrected chi connectivity index (χ1v) is 9.53. The summed E-state index contributed by atoms with van der Waals surface area (Å²) in [4.78, 5) is 0. The number of nitrogens with zero attached hydrogens (tertiary/aromatic N) is 2. The first-order chi connectivity index (χ1) is 12.6. The molecule has 0 unspecified atom stereocenters. The summed E-state index contributed by atoms with van der Waals surface area (Å²) in [5.74, 6) is 0. The van der Waals surface area contributed by atoms with Crippen molar-refractivity contribution in [1.82, 2.24) is 9.78 Å². The molecule has 4 nitrogen and oxygen atoms in total. The second kappa shape index (κ2) is 6.21. The van der Waals surface area contributed by atoms with Crippen molar-refractivity contribution >= 4 is 23.5 Å². The van der Waals surface area contributed by atoms with Crippen LogP contribution >= 0.6 is 0 Å². The summed E-state index contributed by atoms with van der Waals surface area (Å²) < 4.78 is 14.4. The summed E-state index contributed by atoms with van der Waals surface area (Å²) in [5, 5.41) is 5.83. The average molecular weight is 362 g/mol. The van der Waals surface area contributed by atoms with Crippen molar-refractivity contribution in [1.29, 1.82) is 0 Å². The molecule has 1 aliphatic heterocycles. The van der Waals surface area contributed by atoms with Crippen LogP contribution in [0.1, 0.15) is 44.4 Å². The van der Waals surface area contributed by atoms with E-state index in [1.54, 1.807) is 0 Å². The van der Waals surface area contributed by atoms with Gasteiger partial charge in [0, 0.05) is 11.6 Å². The Bertz CT molecular complexity index is 970. The molecule has 1 aliphatic rings. The molecule has 0 saturated carbocycles. The molecule has 5 heteroatoms. The maximum Gasteiger partial charge on any atom is 0.494 e. The number of hydrogen-bond donors (Lipinski definition) is 0. The van der Waals surface area contributed by atoms with E-state index in [9.17, 15) is 0 Å². The average Bonchev–Trinajstić information content (AvgIpc) is 3.02. The van der Waals surface area contributed by atoms with E-state index in [4.69, 9.17) is 14.4 Å². The van der Waals surface area contributed by atoms with Crippen molar-refractivity contribution in [2.45, 2.75) is 59.3 Å². The molecule has 3 aromatic rings. The zero-order valence-corrected chi connectivity index (χ0v) is 17.0. The van der Waals surface area contributed by atoms with Crippen molar-refractivity contribution in [2.24, 2.45) is 0 Å². The van der Waals surface area contributed by atoms with Gasteiger partial charge >= 0.3 is 7.12 Å². The molecule has 0 N–H and O–H groups in total. The smallest absolute Gasteiger partial charge is 0.399 e. The van der Waals surface area contributed by atoms with Crippen LogP contribution in [-0.4, -0.2) is 28.1 Å². The third-order valence-corrected chi connectivity index (χ3v) is 5.73. The molecule has 0 amide bonds. The summed E-state index contributed by atoms with van der Waals surface area (Å²) in [7, 11) is -0.345. The molecule has 1 aromatic heterocycles. The highest BCUT2D eigenvalue weighted by atomic mass is 16.7. The van der Waals surface area contributed by atoms with Gasteiger partial charge in [-0.2, -0.15) is 5.10 Å². The minimum Gasteiger partial charge on any atom is -0.399 e. The van der Waals surface area contributed by atoms with Gasteiger partial charge in [0.2, 0.25) is 0 Å². The fourth-order valence-electron chi connectivity index (χ4n) is 3.65. The van der Waals surface area contributed by atoms with Gasteiger partial charge in [-0.15, -0.1) is 0 Å². The molecule has 2 heterocycles. The SMILES string of the molecule is Cc1cc(C)cc(Cn2cc3cc(B4OC(C)(C)C(C)(C)O4)ccc3n2)c1. The Labute approximate surface area is 161 Å². The summed E-state index contributed by atoms with van der Waals surface area (Å²) in [5.41, 5.74) is 5.19. The normalized spacial score (nSPS) is 18.4. The minimum absolute atomic E-state index is 0.333. The maximum atomic E-state index is 6.18. The number of rotatable bonds is 3. The van der Waals surface area contributed by atoms with Gasteiger partial charge < -0.3 is 9.31 Å². The lowest BCUT2D eigenvalue weighted by atomic mass is 9.79. The Morgan fingerprint density at radius 2 is 1.56 bits per heavy atom. The van der Waals surface area contributed by atoms with E-state index in [-0.39, 0.29) is 18.3 Å². The Hall–Kier alpha value is -2.11. The zero-order chi connectivity index (χ0) is 19.4. The minimum atomic E-state index is -0.345. The largest absolute Gasteiger partial charge is 0.494 e. The summed E-state index contributed by atoms with van der Waals surface area (Å²) in [6, 6.07) is 12.9. The molecule has 1 saturated heterocycles. The van der Waals surface area contributed by atoms with E-state index >= 15 is 0 Å². The number of aromatic nitrogens is 2. The highest BCUT2D eigenvalue weighted by molar-refractivity contribution is 6.62. The number of benzene rings is 2. The van der Waals surface area contributed by atoms with Crippen LogP contribution in [0.25, 0.3) is 10.9 Å². The first kappa shape index (κ1) is 18.3. The first-order valence-electron chi connectivity index (χ1n) is 9.53. The highest BCUT2D eigenvalue weighted by Crippen LogP contribution is 2.36. The van der Waals surface area contributed by atoms with Crippen molar-refractivity contribution in [3.8, 4) is 0 Å². The molecule has 27 heavy (non-hydrogen) atoms. The zero-order valence-electron chi connectivity index (χ0n) is 17.0. The molecule has 0 spiro atoms. The van der Waals surface area contributed by atoms with Crippen molar-refractivity contribution in [3.63, 3.8) is 0 Å². The third kappa shape index (κ3) is 3.42. The molecular formula is C22H27BN2O2. The molecule has 0 bridgehead atoms. The Balaban J connectivity index is 1.61. The molecule has 0 aliphatic carbocycles. The Morgan fingerprint density at radius 3 is 2.19 bits per heavy atom. The summed E-state index contributed by atoms with van der Waals surface area (Å²) in [6.45, 7) is 13.3. The van der Waals surface area contributed by atoms with Gasteiger partial charge in [0.25, 0.3) is 0 Å². The lowest BCUT2D eigenvalue weighted by Crippen LogP contribution is -2.41. The maximum absolute atomic E-state index is 6.18. The van der Waals surface area contributed by atoms with E-state index in [1.807, 2.05) is 10.7 Å². The van der Waals surface area contributed by atoms with Crippen LogP contribution in [0.3, 0.4) is 0 Å². The van der Waals surface area contributed by atoms with Gasteiger partial charge in [0.05, 0.1) is 23.3 Å². The monoisotopic (exact) mass is 362 g/mol. The van der Waals surface area contributed by atoms with Gasteiger partial charge in [-0.3, -0.25) is 4.68 Å². The van der Waals surface area contributed by atoms with Crippen molar-refractivity contribution < 1.29 is 9.31 Å². The van der Waals surface area contributed by atoms with Crippen LogP contribution in [-0.2, 0) is 15.9 Å². The number of aryl methyl sites for hydroxylation is 2. The molecular weight excluding hydrogens is 335 g/mol. The second-order valence-corrected chi connectivity index (χ2v) is 8.73. The van der Waals surface area contributed by atoms with Crippen LogP contribution in [0.2, 0.25) is 0 Å². The van der Waals surface area contributed by atoms with Gasteiger partial charge in [-0.05, 0) is 58.6 Å². The molecule has 0 radical (unpaired) electrons. The van der Waals surface area contributed by atoms with E-state index in [0.29, 0.717) is 0 Å². The predicted molar refractivity (Wildman–Crippen MR) is 110 cm³/mol. The van der Waals surface area contributed by atoms with Crippen LogP contribution in [0.5, 0.6) is 0 Å². The Morgan fingerprint density at radius 1 is 0.926 bits per heavy atom. The van der Waals surface area contributed by atoms with Crippen LogP contribution in [0.4, 0.5) is 0 Å². The van der Waals surface area contributed by atoms with E-state index < -0.39 is 0 Å². The fraction of sp³-hybridized carbons (Fsp3) is 0.409. The second-order valence-electron chi connectivity index (χ2n) is 8.73. The van der Waals surface area contributed by atoms with Gasteiger partial charge in [-0.1, -0.05) is 41.5 Å². The van der Waals surface area contributed by atoms with E-state index in [1.165, 1.54) is 16.7 Å². The number of fused-ring (bicyclic) bond motifs is 1. The van der Waals surface area contributed by atoms with Crippen LogP contribution in [0.15, 0.2) is 42.6 Å². The Kier molecular flexibility index (Phi) is 4.20. The molecule has 1 fully saturated rings. The van der Waals surface area contributed by atoms with Crippen LogP contribution < -0.4 is 5.46 Å². The summed E-state index contributed by atoms with van der Waals surface area (Å²) in [6.07, 6.45) is 2.10. The van der Waals surface area contributed by atoms with Crippen molar-refractivity contribution in [3.05, 3.63) is 59.3 Å². The predicted octanol–water partition coefficient (Wildman–Crippen LogP) is 4.00. The number of hydrogen-bond acceptors (Lipinski definition) is 3. The molecule has 2 aromatic carbocycles. The quantitative estimate of drug-likeness (QED) is 0.661. The summed E-state index contributed by atoms with van der Waals surface area (Å²) >= 11 is 0. The molecule has 0 atom stereocenters. The van der Waals surface area contributed by atoms with Gasteiger partial charge in [0.1, 0.15) is 0 Å². The molecule has 4 rings (SSSR count). The lowest BCUT2D eigenvalue weighted by Gasteiger charge is -2.32. The van der Waals surface area contributed by atoms with E-state index in [0.717, 1.165) is 22.9 Å². The van der Waals surface area contributed by atoms with Gasteiger partial charge in [-0.25, -0.2) is 0 Å². The fourth-order valence-corrected chi connectivity index (χ4v) is 3.65. The molecule has 140 valence electrons. The topological polar surface area (TPSA) is 36.3 Å². The highest BCUT2D eigenvalue weighted by Gasteiger charge is 2.51. The lowest BCUT2D eigenvalue weighted by molar-refractivity contribution is 0.00578. The standard InChI is InChI=1S/C22H27BN2O2/c1-15-9-16(2)11-17(10-15)13-25-14-18-12-19(7-8-20(18)24-25)23-26-21(3,4)22(5,6)27-23/h7-12,14H,13H2,1-6H3.